The predicted octanol–water partition coefficient (Wildman–Crippen LogP) is 2.85. The Morgan fingerprint density at radius 2 is 2.25 bits per heavy atom. The summed E-state index contributed by atoms with van der Waals surface area (Å²) in [5.74, 6) is 2.99. The highest BCUT2D eigenvalue weighted by Crippen LogP contribution is 2.34. The van der Waals surface area contributed by atoms with Crippen molar-refractivity contribution in [3.63, 3.8) is 0 Å². The van der Waals surface area contributed by atoms with Crippen LogP contribution >= 0.6 is 0 Å². The molecule has 0 heterocycles. The number of carbonyl (C=O) groups is 1. The molecule has 1 aliphatic carbocycles. The molecule has 3 nitrogen and oxygen atoms in total. The van der Waals surface area contributed by atoms with Crippen LogP contribution in [0.1, 0.15) is 44.4 Å². The molecule has 0 radical (unpaired) electrons. The average molecular weight is 271 g/mol. The summed E-state index contributed by atoms with van der Waals surface area (Å²) < 4.78 is 5.45. The quantitative estimate of drug-likeness (QED) is 0.522. The summed E-state index contributed by atoms with van der Waals surface area (Å²) in [6.07, 6.45) is 7.36. The van der Waals surface area contributed by atoms with E-state index in [2.05, 4.69) is 11.2 Å². The van der Waals surface area contributed by atoms with Gasteiger partial charge in [-0.2, -0.15) is 0 Å². The Kier molecular flexibility index (Phi) is 4.15. The maximum atomic E-state index is 11.9. The number of ether oxygens (including phenoxy) is 1. The summed E-state index contributed by atoms with van der Waals surface area (Å²) in [5, 5.41) is 3.32. The van der Waals surface area contributed by atoms with Crippen molar-refractivity contribution < 1.29 is 9.53 Å². The maximum absolute atomic E-state index is 11.9. The Balaban J connectivity index is 2.15. The van der Waals surface area contributed by atoms with E-state index in [9.17, 15) is 4.79 Å². The van der Waals surface area contributed by atoms with Gasteiger partial charge in [0.15, 0.2) is 0 Å². The van der Waals surface area contributed by atoms with Gasteiger partial charge in [-0.05, 0) is 56.9 Å². The molecule has 0 fully saturated rings. The molecule has 1 N–H and O–H groups in total. The van der Waals surface area contributed by atoms with E-state index in [0.29, 0.717) is 12.3 Å². The van der Waals surface area contributed by atoms with Crippen LogP contribution in [0.25, 0.3) is 0 Å². The highest BCUT2D eigenvalue weighted by atomic mass is 16.5. The molecule has 0 amide bonds. The molecule has 1 atom stereocenters. The Morgan fingerprint density at radius 1 is 1.50 bits per heavy atom. The second-order valence-corrected chi connectivity index (χ2v) is 6.18. The molecule has 1 aliphatic rings. The first-order valence-corrected chi connectivity index (χ1v) is 6.94. The minimum absolute atomic E-state index is 0.219. The monoisotopic (exact) mass is 271 g/mol. The fourth-order valence-corrected chi connectivity index (χ4v) is 2.30. The van der Waals surface area contributed by atoms with Gasteiger partial charge < -0.3 is 4.74 Å². The molecule has 20 heavy (non-hydrogen) atoms. The molecule has 0 saturated heterocycles. The lowest BCUT2D eigenvalue weighted by Crippen LogP contribution is -2.25. The highest BCUT2D eigenvalue weighted by molar-refractivity contribution is 5.77. The Hall–Kier alpha value is -1.79. The predicted molar refractivity (Wildman–Crippen MR) is 79.4 cm³/mol. The minimum Gasteiger partial charge on any atom is -0.426 e. The SMILES string of the molecule is C#CCNC1CCc2ccc(OC(=O)C(C)(C)C)cc21. The molecule has 3 heteroatoms. The fraction of sp³-hybridized carbons (Fsp3) is 0.471. The Morgan fingerprint density at radius 3 is 2.90 bits per heavy atom. The summed E-state index contributed by atoms with van der Waals surface area (Å²) in [6, 6.07) is 6.12. The first-order chi connectivity index (χ1) is 9.41. The number of terminal acetylenes is 1. The molecule has 0 bridgehead atoms. The maximum Gasteiger partial charge on any atom is 0.316 e. The van der Waals surface area contributed by atoms with E-state index in [4.69, 9.17) is 11.2 Å². The van der Waals surface area contributed by atoms with Gasteiger partial charge in [0.05, 0.1) is 12.0 Å². The zero-order valence-corrected chi connectivity index (χ0v) is 12.3. The number of carbonyl (C=O) groups excluding carboxylic acids is 1. The van der Waals surface area contributed by atoms with Gasteiger partial charge in [-0.1, -0.05) is 12.0 Å². The van der Waals surface area contributed by atoms with Crippen LogP contribution < -0.4 is 10.1 Å². The largest absolute Gasteiger partial charge is 0.426 e. The molecule has 1 aromatic carbocycles. The number of aryl methyl sites for hydroxylation is 1. The Labute approximate surface area is 120 Å². The van der Waals surface area contributed by atoms with Crippen LogP contribution in [0.4, 0.5) is 0 Å². The molecule has 1 unspecified atom stereocenters. The summed E-state index contributed by atoms with van der Waals surface area (Å²) in [5.41, 5.74) is 2.00. The zero-order valence-electron chi connectivity index (χ0n) is 12.3. The lowest BCUT2D eigenvalue weighted by atomic mass is 9.97. The first kappa shape index (κ1) is 14.6. The lowest BCUT2D eigenvalue weighted by Gasteiger charge is -2.17. The second kappa shape index (κ2) is 5.68. The van der Waals surface area contributed by atoms with Crippen LogP contribution in [0, 0.1) is 17.8 Å². The zero-order chi connectivity index (χ0) is 14.8. The number of fused-ring (bicyclic) bond motifs is 1. The molecule has 2 rings (SSSR count). The van der Waals surface area contributed by atoms with Crippen LogP contribution in [0.3, 0.4) is 0 Å². The van der Waals surface area contributed by atoms with Gasteiger partial charge >= 0.3 is 5.97 Å². The molecule has 106 valence electrons. The van der Waals surface area contributed by atoms with Gasteiger partial charge in [0.25, 0.3) is 0 Å². The third-order valence-corrected chi connectivity index (χ3v) is 3.47. The van der Waals surface area contributed by atoms with E-state index in [1.807, 2.05) is 39.0 Å². The van der Waals surface area contributed by atoms with Gasteiger partial charge in [-0.25, -0.2) is 0 Å². The van der Waals surface area contributed by atoms with E-state index in [0.717, 1.165) is 12.8 Å². The third kappa shape index (κ3) is 3.20. The van der Waals surface area contributed by atoms with Crippen molar-refractivity contribution in [2.45, 2.75) is 39.7 Å². The molecule has 0 spiro atoms. The Bertz CT molecular complexity index is 549. The molecule has 0 aliphatic heterocycles. The van der Waals surface area contributed by atoms with Crippen molar-refractivity contribution in [1.82, 2.24) is 5.32 Å². The van der Waals surface area contributed by atoms with Crippen molar-refractivity contribution in [2.24, 2.45) is 5.41 Å². The highest BCUT2D eigenvalue weighted by Gasteiger charge is 2.26. The first-order valence-electron chi connectivity index (χ1n) is 6.94. The van der Waals surface area contributed by atoms with Crippen molar-refractivity contribution in [3.05, 3.63) is 29.3 Å². The smallest absolute Gasteiger partial charge is 0.316 e. The topological polar surface area (TPSA) is 38.3 Å². The number of rotatable bonds is 3. The fourth-order valence-electron chi connectivity index (χ4n) is 2.30. The van der Waals surface area contributed by atoms with Gasteiger partial charge in [0.1, 0.15) is 5.75 Å². The summed E-state index contributed by atoms with van der Waals surface area (Å²) in [4.78, 5) is 11.9. The third-order valence-electron chi connectivity index (χ3n) is 3.47. The van der Waals surface area contributed by atoms with E-state index in [-0.39, 0.29) is 12.0 Å². The van der Waals surface area contributed by atoms with Gasteiger partial charge in [-0.3, -0.25) is 10.1 Å². The lowest BCUT2D eigenvalue weighted by molar-refractivity contribution is -0.143. The molecule has 0 aromatic heterocycles. The van der Waals surface area contributed by atoms with E-state index < -0.39 is 5.41 Å². The summed E-state index contributed by atoms with van der Waals surface area (Å²) in [7, 11) is 0. The van der Waals surface area contributed by atoms with Crippen LogP contribution in [0.5, 0.6) is 5.75 Å². The van der Waals surface area contributed by atoms with Crippen LogP contribution in [0.2, 0.25) is 0 Å². The number of esters is 1. The van der Waals surface area contributed by atoms with E-state index in [1.165, 1.54) is 11.1 Å². The number of benzene rings is 1. The normalized spacial score (nSPS) is 17.4. The van der Waals surface area contributed by atoms with Crippen molar-refractivity contribution in [1.29, 1.82) is 0 Å². The van der Waals surface area contributed by atoms with E-state index >= 15 is 0 Å². The second-order valence-electron chi connectivity index (χ2n) is 6.18. The van der Waals surface area contributed by atoms with Gasteiger partial charge in [0.2, 0.25) is 0 Å². The van der Waals surface area contributed by atoms with Crippen molar-refractivity contribution in [3.8, 4) is 18.1 Å². The average Bonchev–Trinajstić information content (AvgIpc) is 2.77. The molecular formula is C17H21NO2. The van der Waals surface area contributed by atoms with Gasteiger partial charge in [-0.15, -0.1) is 6.42 Å². The van der Waals surface area contributed by atoms with E-state index in [1.54, 1.807) is 0 Å². The number of hydrogen-bond acceptors (Lipinski definition) is 3. The van der Waals surface area contributed by atoms with Crippen LogP contribution in [-0.2, 0) is 11.2 Å². The van der Waals surface area contributed by atoms with Crippen LogP contribution in [0.15, 0.2) is 18.2 Å². The standard InChI is InChI=1S/C17H21NO2/c1-5-10-18-15-9-7-12-6-8-13(11-14(12)15)20-16(19)17(2,3)4/h1,6,8,11,15,18H,7,9-10H2,2-4H3. The summed E-state index contributed by atoms with van der Waals surface area (Å²) in [6.45, 7) is 6.09. The van der Waals surface area contributed by atoms with Crippen molar-refractivity contribution in [2.75, 3.05) is 6.54 Å². The number of nitrogens with one attached hydrogen (secondary N) is 1. The van der Waals surface area contributed by atoms with Gasteiger partial charge in [0, 0.05) is 6.04 Å². The molecule has 1 aromatic rings. The van der Waals surface area contributed by atoms with Crippen LogP contribution in [-0.4, -0.2) is 12.5 Å². The minimum atomic E-state index is -0.500. The summed E-state index contributed by atoms with van der Waals surface area (Å²) >= 11 is 0. The number of hydrogen-bond donors (Lipinski definition) is 1. The van der Waals surface area contributed by atoms with Crippen molar-refractivity contribution >= 4 is 5.97 Å². The molecule has 0 saturated carbocycles. The molecular weight excluding hydrogens is 250 g/mol.